The van der Waals surface area contributed by atoms with Gasteiger partial charge in [0, 0.05) is 16.1 Å². The lowest BCUT2D eigenvalue weighted by atomic mass is 9.94. The van der Waals surface area contributed by atoms with Crippen LogP contribution in [0.4, 0.5) is 0 Å². The molecule has 0 bridgehead atoms. The van der Waals surface area contributed by atoms with Gasteiger partial charge in [0.05, 0.1) is 11.5 Å². The Bertz CT molecular complexity index is 545. The fraction of sp³-hybridized carbons (Fsp3) is 0.500. The van der Waals surface area contributed by atoms with Crippen LogP contribution in [0.1, 0.15) is 12.0 Å². The van der Waals surface area contributed by atoms with Crippen LogP contribution in [0, 0.1) is 5.92 Å². The predicted molar refractivity (Wildman–Crippen MR) is 74.9 cm³/mol. The minimum Gasteiger partial charge on any atom is -0.327 e. The number of benzene rings is 1. The van der Waals surface area contributed by atoms with Crippen LogP contribution in [0.15, 0.2) is 18.2 Å². The molecule has 1 aliphatic rings. The van der Waals surface area contributed by atoms with E-state index in [9.17, 15) is 8.42 Å². The van der Waals surface area contributed by atoms with E-state index in [4.69, 9.17) is 28.9 Å². The molecule has 100 valence electrons. The standard InChI is InChI=1S/C12H15Cl2NO2S/c13-10-2-1-8(11(14)6-10)5-12(15)9-3-4-18(16,17)7-9/h1-2,6,9,12H,3-5,7,15H2. The highest BCUT2D eigenvalue weighted by Gasteiger charge is 2.32. The van der Waals surface area contributed by atoms with Crippen molar-refractivity contribution in [2.45, 2.75) is 18.9 Å². The number of halogens is 2. The summed E-state index contributed by atoms with van der Waals surface area (Å²) in [6, 6.07) is 5.10. The molecule has 2 unspecified atom stereocenters. The minimum atomic E-state index is -2.88. The Morgan fingerprint density at radius 1 is 1.39 bits per heavy atom. The molecule has 2 atom stereocenters. The highest BCUT2D eigenvalue weighted by atomic mass is 35.5. The predicted octanol–water partition coefficient (Wildman–Crippen LogP) is 2.30. The summed E-state index contributed by atoms with van der Waals surface area (Å²) in [6.45, 7) is 0. The molecule has 0 spiro atoms. The van der Waals surface area contributed by atoms with Crippen molar-refractivity contribution < 1.29 is 8.42 Å². The Hall–Kier alpha value is -0.290. The molecule has 2 N–H and O–H groups in total. The summed E-state index contributed by atoms with van der Waals surface area (Å²) in [4.78, 5) is 0. The number of rotatable bonds is 3. The van der Waals surface area contributed by atoms with Gasteiger partial charge < -0.3 is 5.73 Å². The first-order valence-corrected chi connectivity index (χ1v) is 8.35. The van der Waals surface area contributed by atoms with Crippen molar-refractivity contribution in [3.63, 3.8) is 0 Å². The van der Waals surface area contributed by atoms with Crippen molar-refractivity contribution in [1.29, 1.82) is 0 Å². The summed E-state index contributed by atoms with van der Waals surface area (Å²) in [5.41, 5.74) is 7.00. The molecule has 1 aromatic rings. The zero-order valence-electron chi connectivity index (χ0n) is 9.77. The zero-order chi connectivity index (χ0) is 13.3. The molecule has 1 fully saturated rings. The van der Waals surface area contributed by atoms with Gasteiger partial charge in [0.2, 0.25) is 0 Å². The average Bonchev–Trinajstić information content (AvgIpc) is 2.63. The first-order chi connectivity index (χ1) is 8.37. The van der Waals surface area contributed by atoms with Crippen molar-refractivity contribution >= 4 is 33.0 Å². The molecule has 3 nitrogen and oxygen atoms in total. The van der Waals surface area contributed by atoms with E-state index in [0.717, 1.165) is 5.56 Å². The molecule has 1 aliphatic heterocycles. The summed E-state index contributed by atoms with van der Waals surface area (Å²) in [5, 5.41) is 1.17. The number of hydrogen-bond donors (Lipinski definition) is 1. The quantitative estimate of drug-likeness (QED) is 0.932. The molecule has 1 heterocycles. The average molecular weight is 308 g/mol. The van der Waals surface area contributed by atoms with E-state index < -0.39 is 9.84 Å². The summed E-state index contributed by atoms with van der Waals surface area (Å²) in [7, 11) is -2.88. The van der Waals surface area contributed by atoms with Gasteiger partial charge in [0.1, 0.15) is 0 Å². The van der Waals surface area contributed by atoms with Crippen molar-refractivity contribution in [1.82, 2.24) is 0 Å². The third kappa shape index (κ3) is 3.38. The van der Waals surface area contributed by atoms with Crippen LogP contribution >= 0.6 is 23.2 Å². The second-order valence-electron chi connectivity index (χ2n) is 4.77. The molecule has 2 rings (SSSR count). The van der Waals surface area contributed by atoms with Crippen LogP contribution in [0.2, 0.25) is 10.0 Å². The van der Waals surface area contributed by atoms with Crippen LogP contribution in [0.5, 0.6) is 0 Å². The first-order valence-electron chi connectivity index (χ1n) is 5.77. The molecule has 1 aromatic carbocycles. The fourth-order valence-electron chi connectivity index (χ4n) is 2.27. The lowest BCUT2D eigenvalue weighted by Crippen LogP contribution is -2.33. The summed E-state index contributed by atoms with van der Waals surface area (Å²) in [5.74, 6) is 0.473. The number of nitrogens with two attached hydrogens (primary N) is 1. The molecule has 0 aliphatic carbocycles. The summed E-state index contributed by atoms with van der Waals surface area (Å²) >= 11 is 11.9. The lowest BCUT2D eigenvalue weighted by Gasteiger charge is -2.18. The number of sulfone groups is 1. The van der Waals surface area contributed by atoms with E-state index in [2.05, 4.69) is 0 Å². The molecule has 1 saturated heterocycles. The maximum atomic E-state index is 11.4. The Morgan fingerprint density at radius 3 is 2.67 bits per heavy atom. The highest BCUT2D eigenvalue weighted by molar-refractivity contribution is 7.91. The fourth-order valence-corrected chi connectivity index (χ4v) is 4.65. The molecule has 18 heavy (non-hydrogen) atoms. The maximum absolute atomic E-state index is 11.4. The van der Waals surface area contributed by atoms with Crippen molar-refractivity contribution in [3.8, 4) is 0 Å². The topological polar surface area (TPSA) is 60.2 Å². The van der Waals surface area contributed by atoms with E-state index in [1.54, 1.807) is 12.1 Å². The monoisotopic (exact) mass is 307 g/mol. The Kier molecular flexibility index (Phi) is 4.22. The normalized spacial score (nSPS) is 24.1. The first kappa shape index (κ1) is 14.1. The van der Waals surface area contributed by atoms with Gasteiger partial charge in [0.25, 0.3) is 0 Å². The summed E-state index contributed by atoms with van der Waals surface area (Å²) in [6.07, 6.45) is 1.23. The van der Waals surface area contributed by atoms with Crippen LogP contribution in [-0.2, 0) is 16.3 Å². The molecule has 0 amide bonds. The smallest absolute Gasteiger partial charge is 0.150 e. The van der Waals surface area contributed by atoms with Crippen molar-refractivity contribution in [2.75, 3.05) is 11.5 Å². The highest BCUT2D eigenvalue weighted by Crippen LogP contribution is 2.26. The van der Waals surface area contributed by atoms with Gasteiger partial charge in [-0.3, -0.25) is 0 Å². The second-order valence-corrected chi connectivity index (χ2v) is 7.84. The van der Waals surface area contributed by atoms with Gasteiger partial charge in [-0.25, -0.2) is 8.42 Å². The zero-order valence-corrected chi connectivity index (χ0v) is 12.1. The van der Waals surface area contributed by atoms with Gasteiger partial charge in [0.15, 0.2) is 9.84 Å². The Labute approximate surface area is 117 Å². The Morgan fingerprint density at radius 2 is 2.11 bits per heavy atom. The SMILES string of the molecule is NC(Cc1ccc(Cl)cc1Cl)C1CCS(=O)(=O)C1. The van der Waals surface area contributed by atoms with Gasteiger partial charge in [-0.15, -0.1) is 0 Å². The van der Waals surface area contributed by atoms with Crippen molar-refractivity contribution in [3.05, 3.63) is 33.8 Å². The van der Waals surface area contributed by atoms with Crippen molar-refractivity contribution in [2.24, 2.45) is 11.7 Å². The molecule has 0 saturated carbocycles. The molecular formula is C12H15Cl2NO2S. The van der Waals surface area contributed by atoms with Gasteiger partial charge >= 0.3 is 0 Å². The third-order valence-corrected chi connectivity index (χ3v) is 5.72. The van der Waals surface area contributed by atoms with Crippen LogP contribution in [0.3, 0.4) is 0 Å². The largest absolute Gasteiger partial charge is 0.327 e. The molecule has 0 radical (unpaired) electrons. The van der Waals surface area contributed by atoms with E-state index in [1.807, 2.05) is 6.07 Å². The van der Waals surface area contributed by atoms with E-state index >= 15 is 0 Å². The van der Waals surface area contributed by atoms with E-state index in [1.165, 1.54) is 0 Å². The van der Waals surface area contributed by atoms with Gasteiger partial charge in [-0.2, -0.15) is 0 Å². The van der Waals surface area contributed by atoms with E-state index in [0.29, 0.717) is 22.9 Å². The van der Waals surface area contributed by atoms with Crippen LogP contribution in [-0.4, -0.2) is 26.0 Å². The van der Waals surface area contributed by atoms with Gasteiger partial charge in [-0.1, -0.05) is 29.3 Å². The maximum Gasteiger partial charge on any atom is 0.150 e. The number of hydrogen-bond acceptors (Lipinski definition) is 3. The van der Waals surface area contributed by atoms with Crippen LogP contribution in [0.25, 0.3) is 0 Å². The van der Waals surface area contributed by atoms with Gasteiger partial charge in [-0.05, 0) is 36.5 Å². The van der Waals surface area contributed by atoms with E-state index in [-0.39, 0.29) is 23.5 Å². The molecule has 6 heteroatoms. The molecular weight excluding hydrogens is 293 g/mol. The Balaban J connectivity index is 2.05. The summed E-state index contributed by atoms with van der Waals surface area (Å²) < 4.78 is 22.8. The minimum absolute atomic E-state index is 0.0294. The second kappa shape index (κ2) is 5.37. The third-order valence-electron chi connectivity index (χ3n) is 3.34. The lowest BCUT2D eigenvalue weighted by molar-refractivity contribution is 0.461. The van der Waals surface area contributed by atoms with Crippen LogP contribution < -0.4 is 5.73 Å². The molecule has 0 aromatic heterocycles.